The van der Waals surface area contributed by atoms with Crippen molar-refractivity contribution in [1.29, 1.82) is 0 Å². The van der Waals surface area contributed by atoms with E-state index >= 15 is 0 Å². The third kappa shape index (κ3) is 6.33. The molecule has 5 heteroatoms. The lowest BCUT2D eigenvalue weighted by atomic mass is 10.1. The summed E-state index contributed by atoms with van der Waals surface area (Å²) in [5.41, 5.74) is 6.54. The van der Waals surface area contributed by atoms with Crippen molar-refractivity contribution in [2.24, 2.45) is 5.73 Å². The van der Waals surface area contributed by atoms with Crippen LogP contribution < -0.4 is 11.1 Å². The molecule has 1 rings (SSSR count). The zero-order valence-corrected chi connectivity index (χ0v) is 11.6. The van der Waals surface area contributed by atoms with E-state index in [1.807, 2.05) is 0 Å². The third-order valence-electron chi connectivity index (χ3n) is 3.05. The molecule has 0 aliphatic heterocycles. The van der Waals surface area contributed by atoms with E-state index in [-0.39, 0.29) is 11.5 Å². The third-order valence-corrected chi connectivity index (χ3v) is 3.05. The molecule has 0 aliphatic rings. The van der Waals surface area contributed by atoms with Crippen molar-refractivity contribution >= 4 is 11.9 Å². The molecule has 5 nitrogen and oxygen atoms in total. The van der Waals surface area contributed by atoms with Crippen LogP contribution in [0.15, 0.2) is 24.3 Å². The van der Waals surface area contributed by atoms with Crippen molar-refractivity contribution in [3.63, 3.8) is 0 Å². The molecule has 1 amide bonds. The number of amides is 1. The second-order valence-electron chi connectivity index (χ2n) is 4.73. The summed E-state index contributed by atoms with van der Waals surface area (Å²) in [6.45, 7) is 1.14. The van der Waals surface area contributed by atoms with Gasteiger partial charge in [-0.1, -0.05) is 25.0 Å². The number of aromatic carboxylic acids is 1. The minimum atomic E-state index is -0.946. The number of carboxylic acids is 1. The maximum atomic E-state index is 11.6. The van der Waals surface area contributed by atoms with Crippen molar-refractivity contribution in [3.8, 4) is 0 Å². The van der Waals surface area contributed by atoms with E-state index < -0.39 is 5.97 Å². The number of hydrogen-bond donors (Lipinski definition) is 3. The molecule has 1 aromatic carbocycles. The van der Waals surface area contributed by atoms with Crippen molar-refractivity contribution in [1.82, 2.24) is 5.32 Å². The summed E-state index contributed by atoms with van der Waals surface area (Å²) < 4.78 is 0. The average molecular weight is 278 g/mol. The number of carbonyl (C=O) groups is 2. The van der Waals surface area contributed by atoms with E-state index in [1.54, 1.807) is 12.1 Å². The molecule has 0 radical (unpaired) electrons. The first-order valence-electron chi connectivity index (χ1n) is 6.92. The van der Waals surface area contributed by atoms with Crippen molar-refractivity contribution < 1.29 is 14.7 Å². The molecule has 20 heavy (non-hydrogen) atoms. The molecule has 0 bridgehead atoms. The molecule has 0 saturated heterocycles. The molecule has 110 valence electrons. The van der Waals surface area contributed by atoms with Gasteiger partial charge in [0, 0.05) is 13.0 Å². The van der Waals surface area contributed by atoms with Crippen molar-refractivity contribution in [3.05, 3.63) is 35.4 Å². The highest BCUT2D eigenvalue weighted by atomic mass is 16.4. The highest BCUT2D eigenvalue weighted by Gasteiger charge is 2.03. The largest absolute Gasteiger partial charge is 0.478 e. The highest BCUT2D eigenvalue weighted by Crippen LogP contribution is 2.05. The number of benzene rings is 1. The van der Waals surface area contributed by atoms with Gasteiger partial charge in [0.1, 0.15) is 0 Å². The van der Waals surface area contributed by atoms with E-state index in [0.717, 1.165) is 31.2 Å². The van der Waals surface area contributed by atoms with Crippen LogP contribution in [-0.4, -0.2) is 23.5 Å². The first-order valence-corrected chi connectivity index (χ1v) is 6.92. The lowest BCUT2D eigenvalue weighted by Crippen LogP contribution is -2.22. The van der Waals surface area contributed by atoms with E-state index in [2.05, 4.69) is 5.32 Å². The van der Waals surface area contributed by atoms with Crippen LogP contribution in [-0.2, 0) is 11.3 Å². The first kappa shape index (κ1) is 16.2. The quantitative estimate of drug-likeness (QED) is 0.602. The lowest BCUT2D eigenvalue weighted by molar-refractivity contribution is -0.121. The Morgan fingerprint density at radius 1 is 1.05 bits per heavy atom. The Morgan fingerprint density at radius 2 is 1.70 bits per heavy atom. The molecule has 0 saturated carbocycles. The van der Waals surface area contributed by atoms with Crippen LogP contribution in [0, 0.1) is 0 Å². The Balaban J connectivity index is 2.22. The Morgan fingerprint density at radius 3 is 2.30 bits per heavy atom. The van der Waals surface area contributed by atoms with Gasteiger partial charge in [0.25, 0.3) is 0 Å². The van der Waals surface area contributed by atoms with Crippen LogP contribution in [0.25, 0.3) is 0 Å². The molecule has 0 unspecified atom stereocenters. The Kier molecular flexibility index (Phi) is 7.35. The first-order chi connectivity index (χ1) is 9.63. The number of nitrogens with two attached hydrogens (primary N) is 1. The highest BCUT2D eigenvalue weighted by molar-refractivity contribution is 5.87. The summed E-state index contributed by atoms with van der Waals surface area (Å²) in [6, 6.07) is 6.50. The fraction of sp³-hybridized carbons (Fsp3) is 0.467. The molecular formula is C15H22N2O3. The van der Waals surface area contributed by atoms with Crippen LogP contribution >= 0.6 is 0 Å². The fourth-order valence-electron chi connectivity index (χ4n) is 1.84. The number of carbonyl (C=O) groups excluding carboxylic acids is 1. The van der Waals surface area contributed by atoms with Crippen LogP contribution in [0.5, 0.6) is 0 Å². The molecule has 0 aromatic heterocycles. The van der Waals surface area contributed by atoms with Gasteiger partial charge in [0.15, 0.2) is 0 Å². The van der Waals surface area contributed by atoms with Gasteiger partial charge < -0.3 is 16.2 Å². The zero-order valence-electron chi connectivity index (χ0n) is 11.6. The monoisotopic (exact) mass is 278 g/mol. The minimum Gasteiger partial charge on any atom is -0.478 e. The summed E-state index contributed by atoms with van der Waals surface area (Å²) in [6.07, 6.45) is 4.51. The molecule has 0 aliphatic carbocycles. The maximum absolute atomic E-state index is 11.6. The summed E-state index contributed by atoms with van der Waals surface area (Å²) >= 11 is 0. The van der Waals surface area contributed by atoms with Gasteiger partial charge in [-0.25, -0.2) is 4.79 Å². The standard InChI is InChI=1S/C15H22N2O3/c16-10-4-2-1-3-5-14(18)17-11-12-6-8-13(9-7-12)15(19)20/h6-9H,1-5,10-11,16H2,(H,17,18)(H,19,20). The summed E-state index contributed by atoms with van der Waals surface area (Å²) in [4.78, 5) is 22.3. The van der Waals surface area contributed by atoms with Crippen LogP contribution in [0.2, 0.25) is 0 Å². The van der Waals surface area contributed by atoms with Gasteiger partial charge in [0.2, 0.25) is 5.91 Å². The van der Waals surface area contributed by atoms with Crippen molar-refractivity contribution in [2.45, 2.75) is 38.6 Å². The van der Waals surface area contributed by atoms with Gasteiger partial charge in [-0.15, -0.1) is 0 Å². The minimum absolute atomic E-state index is 0.0278. The fourth-order valence-corrected chi connectivity index (χ4v) is 1.84. The van der Waals surface area contributed by atoms with Gasteiger partial charge in [-0.05, 0) is 37.1 Å². The van der Waals surface area contributed by atoms with Gasteiger partial charge in [-0.2, -0.15) is 0 Å². The maximum Gasteiger partial charge on any atom is 0.335 e. The lowest BCUT2D eigenvalue weighted by Gasteiger charge is -2.06. The number of nitrogens with one attached hydrogen (secondary N) is 1. The van der Waals surface area contributed by atoms with Crippen LogP contribution in [0.4, 0.5) is 0 Å². The molecule has 1 aromatic rings. The molecule has 4 N–H and O–H groups in total. The van der Waals surface area contributed by atoms with Gasteiger partial charge >= 0.3 is 5.97 Å². The number of unbranched alkanes of at least 4 members (excludes halogenated alkanes) is 3. The average Bonchev–Trinajstić information content (AvgIpc) is 2.45. The summed E-state index contributed by atoms with van der Waals surface area (Å²) in [5, 5.41) is 11.6. The van der Waals surface area contributed by atoms with Crippen molar-refractivity contribution in [2.75, 3.05) is 6.54 Å². The second-order valence-corrected chi connectivity index (χ2v) is 4.73. The van der Waals surface area contributed by atoms with Gasteiger partial charge in [0.05, 0.1) is 5.56 Å². The van der Waals surface area contributed by atoms with Gasteiger partial charge in [-0.3, -0.25) is 4.79 Å². The zero-order chi connectivity index (χ0) is 14.8. The van der Waals surface area contributed by atoms with E-state index in [1.165, 1.54) is 12.1 Å². The molecule has 0 heterocycles. The van der Waals surface area contributed by atoms with E-state index in [4.69, 9.17) is 10.8 Å². The van der Waals surface area contributed by atoms with E-state index in [9.17, 15) is 9.59 Å². The predicted octanol–water partition coefficient (Wildman–Crippen LogP) is 1.91. The summed E-state index contributed by atoms with van der Waals surface area (Å²) in [7, 11) is 0. The number of hydrogen-bond acceptors (Lipinski definition) is 3. The van der Waals surface area contributed by atoms with E-state index in [0.29, 0.717) is 19.5 Å². The Hall–Kier alpha value is -1.88. The molecule has 0 atom stereocenters. The normalized spacial score (nSPS) is 10.2. The summed E-state index contributed by atoms with van der Waals surface area (Å²) in [5.74, 6) is -0.918. The second kappa shape index (κ2) is 9.09. The number of rotatable bonds is 9. The Bertz CT molecular complexity index is 429. The smallest absolute Gasteiger partial charge is 0.335 e. The predicted molar refractivity (Wildman–Crippen MR) is 77.4 cm³/mol. The molecule has 0 fully saturated rings. The molecular weight excluding hydrogens is 256 g/mol. The Labute approximate surface area is 119 Å². The topological polar surface area (TPSA) is 92.4 Å². The van der Waals surface area contributed by atoms with Crippen LogP contribution in [0.1, 0.15) is 48.0 Å². The van der Waals surface area contributed by atoms with Crippen LogP contribution in [0.3, 0.4) is 0 Å². The SMILES string of the molecule is NCCCCCCC(=O)NCc1ccc(C(=O)O)cc1. The molecule has 0 spiro atoms. The number of carboxylic acid groups (broad SMARTS) is 1.